The largest absolute Gasteiger partial charge is 0.337 e. The normalized spacial score (nSPS) is 37.4. The van der Waals surface area contributed by atoms with Gasteiger partial charge in [-0.3, -0.25) is 4.79 Å². The maximum atomic E-state index is 13.0. The zero-order valence-electron chi connectivity index (χ0n) is 13.2. The average molecular weight is 266 g/mol. The molecule has 0 aromatic heterocycles. The Morgan fingerprint density at radius 1 is 1.21 bits per heavy atom. The Kier molecular flexibility index (Phi) is 3.72. The molecule has 3 nitrogen and oxygen atoms in total. The Hall–Kier alpha value is -0.570. The number of rotatable bonds is 1. The monoisotopic (exact) mass is 266 g/mol. The van der Waals surface area contributed by atoms with Crippen LogP contribution >= 0.6 is 0 Å². The Morgan fingerprint density at radius 3 is 2.37 bits per heavy atom. The number of carbonyl (C=O) groups is 1. The van der Waals surface area contributed by atoms with Crippen molar-refractivity contribution in [2.75, 3.05) is 6.54 Å². The molecule has 3 atom stereocenters. The molecule has 0 aromatic rings. The summed E-state index contributed by atoms with van der Waals surface area (Å²) >= 11 is 0. The van der Waals surface area contributed by atoms with Crippen molar-refractivity contribution in [2.24, 2.45) is 23.0 Å². The van der Waals surface area contributed by atoms with Crippen LogP contribution in [0.4, 0.5) is 0 Å². The highest BCUT2D eigenvalue weighted by molar-refractivity contribution is 5.81. The first-order valence-corrected chi connectivity index (χ1v) is 7.75. The van der Waals surface area contributed by atoms with Gasteiger partial charge in [0.25, 0.3) is 0 Å². The summed E-state index contributed by atoms with van der Waals surface area (Å²) in [6.45, 7) is 12.0. The van der Waals surface area contributed by atoms with Gasteiger partial charge in [-0.25, -0.2) is 0 Å². The average Bonchev–Trinajstić information content (AvgIpc) is 2.65. The van der Waals surface area contributed by atoms with E-state index in [9.17, 15) is 4.79 Å². The number of likely N-dealkylation sites (tertiary alicyclic amines) is 1. The van der Waals surface area contributed by atoms with E-state index >= 15 is 0 Å². The van der Waals surface area contributed by atoms with Gasteiger partial charge in [0.05, 0.1) is 0 Å². The van der Waals surface area contributed by atoms with Crippen molar-refractivity contribution < 1.29 is 4.79 Å². The van der Waals surface area contributed by atoms with Gasteiger partial charge in [-0.1, -0.05) is 20.8 Å². The Balaban J connectivity index is 2.19. The highest BCUT2D eigenvalue weighted by Crippen LogP contribution is 2.46. The van der Waals surface area contributed by atoms with E-state index in [1.54, 1.807) is 0 Å². The minimum Gasteiger partial charge on any atom is -0.337 e. The van der Waals surface area contributed by atoms with Crippen LogP contribution < -0.4 is 5.73 Å². The van der Waals surface area contributed by atoms with Crippen molar-refractivity contribution in [2.45, 2.75) is 71.9 Å². The summed E-state index contributed by atoms with van der Waals surface area (Å²) in [6.07, 6.45) is 4.20. The quantitative estimate of drug-likeness (QED) is 0.793. The minimum atomic E-state index is 0.00736. The lowest BCUT2D eigenvalue weighted by molar-refractivity contribution is -0.146. The van der Waals surface area contributed by atoms with E-state index in [4.69, 9.17) is 5.73 Å². The molecule has 2 fully saturated rings. The maximum Gasteiger partial charge on any atom is 0.226 e. The molecule has 110 valence electrons. The standard InChI is InChI=1S/C16H30N2O/c1-11-13(17)8-7-12(16(11,4)5)14(19)18-10-6-9-15(18,2)3/h11-13H,6-10,17H2,1-5H3. The van der Waals surface area contributed by atoms with Crippen molar-refractivity contribution in [1.29, 1.82) is 0 Å². The Bertz CT molecular complexity index is 362. The fourth-order valence-corrected chi connectivity index (χ4v) is 4.00. The van der Waals surface area contributed by atoms with Crippen LogP contribution in [-0.2, 0) is 4.79 Å². The van der Waals surface area contributed by atoms with Crippen molar-refractivity contribution in [3.63, 3.8) is 0 Å². The summed E-state index contributed by atoms with van der Waals surface area (Å²) in [5, 5.41) is 0. The van der Waals surface area contributed by atoms with E-state index in [2.05, 4.69) is 39.5 Å². The van der Waals surface area contributed by atoms with Gasteiger partial charge in [-0.15, -0.1) is 0 Å². The van der Waals surface area contributed by atoms with Crippen molar-refractivity contribution in [1.82, 2.24) is 4.90 Å². The third kappa shape index (κ3) is 2.42. The smallest absolute Gasteiger partial charge is 0.226 e. The Labute approximate surface area is 117 Å². The number of hydrogen-bond donors (Lipinski definition) is 1. The minimum absolute atomic E-state index is 0.00736. The fraction of sp³-hybridized carbons (Fsp3) is 0.938. The molecule has 1 amide bonds. The summed E-state index contributed by atoms with van der Waals surface area (Å²) in [4.78, 5) is 15.1. The lowest BCUT2D eigenvalue weighted by Crippen LogP contribution is -2.54. The van der Waals surface area contributed by atoms with Crippen LogP contribution in [0.3, 0.4) is 0 Å². The van der Waals surface area contributed by atoms with E-state index in [-0.39, 0.29) is 22.9 Å². The van der Waals surface area contributed by atoms with Gasteiger partial charge in [0, 0.05) is 24.0 Å². The van der Waals surface area contributed by atoms with Crippen LogP contribution in [0.5, 0.6) is 0 Å². The first kappa shape index (κ1) is 14.8. The molecule has 2 N–H and O–H groups in total. The van der Waals surface area contributed by atoms with E-state index in [1.807, 2.05) is 0 Å². The molecule has 0 bridgehead atoms. The Morgan fingerprint density at radius 2 is 1.84 bits per heavy atom. The van der Waals surface area contributed by atoms with Gasteiger partial charge < -0.3 is 10.6 Å². The summed E-state index contributed by atoms with van der Waals surface area (Å²) in [5.41, 5.74) is 6.24. The van der Waals surface area contributed by atoms with Gasteiger partial charge in [-0.05, 0) is 50.9 Å². The molecular weight excluding hydrogens is 236 g/mol. The predicted octanol–water partition coefficient (Wildman–Crippen LogP) is 2.79. The summed E-state index contributed by atoms with van der Waals surface area (Å²) in [7, 11) is 0. The first-order valence-electron chi connectivity index (χ1n) is 7.75. The topological polar surface area (TPSA) is 46.3 Å². The SMILES string of the molecule is CC1C(N)CCC(C(=O)N2CCCC2(C)C)C1(C)C. The molecule has 1 aliphatic heterocycles. The molecule has 1 saturated carbocycles. The molecule has 2 rings (SSSR count). The lowest BCUT2D eigenvalue weighted by atomic mass is 9.60. The molecule has 0 aromatic carbocycles. The number of carbonyl (C=O) groups excluding carboxylic acids is 1. The molecule has 0 radical (unpaired) electrons. The second-order valence-electron chi connectivity index (χ2n) is 7.81. The number of amides is 1. The molecule has 1 aliphatic carbocycles. The van der Waals surface area contributed by atoms with Crippen LogP contribution in [-0.4, -0.2) is 28.9 Å². The molecule has 1 saturated heterocycles. The molecule has 1 heterocycles. The van der Waals surface area contributed by atoms with Crippen molar-refractivity contribution >= 4 is 5.91 Å². The number of hydrogen-bond acceptors (Lipinski definition) is 2. The highest BCUT2D eigenvalue weighted by atomic mass is 16.2. The summed E-state index contributed by atoms with van der Waals surface area (Å²) < 4.78 is 0. The van der Waals surface area contributed by atoms with Crippen LogP contribution in [0.15, 0.2) is 0 Å². The molecule has 2 aliphatic rings. The van der Waals surface area contributed by atoms with Crippen LogP contribution in [0.2, 0.25) is 0 Å². The highest BCUT2D eigenvalue weighted by Gasteiger charge is 2.48. The molecule has 0 spiro atoms. The molecule has 3 heteroatoms. The third-order valence-electron chi connectivity index (χ3n) is 5.97. The zero-order chi connectivity index (χ0) is 14.4. The van der Waals surface area contributed by atoms with E-state index in [0.29, 0.717) is 11.8 Å². The summed E-state index contributed by atoms with van der Waals surface area (Å²) in [5.74, 6) is 0.909. The molecule has 3 unspecified atom stereocenters. The fourth-order valence-electron chi connectivity index (χ4n) is 4.00. The molecular formula is C16H30N2O. The lowest BCUT2D eigenvalue weighted by Gasteiger charge is -2.48. The summed E-state index contributed by atoms with van der Waals surface area (Å²) in [6, 6.07) is 0.241. The van der Waals surface area contributed by atoms with Crippen LogP contribution in [0, 0.1) is 17.3 Å². The second-order valence-corrected chi connectivity index (χ2v) is 7.81. The van der Waals surface area contributed by atoms with Gasteiger partial charge in [0.2, 0.25) is 5.91 Å². The maximum absolute atomic E-state index is 13.0. The van der Waals surface area contributed by atoms with Crippen LogP contribution in [0.25, 0.3) is 0 Å². The van der Waals surface area contributed by atoms with Gasteiger partial charge >= 0.3 is 0 Å². The van der Waals surface area contributed by atoms with E-state index in [0.717, 1.165) is 32.2 Å². The predicted molar refractivity (Wildman–Crippen MR) is 78.7 cm³/mol. The first-order chi connectivity index (χ1) is 8.68. The molecule has 19 heavy (non-hydrogen) atoms. The van der Waals surface area contributed by atoms with Crippen molar-refractivity contribution in [3.05, 3.63) is 0 Å². The number of nitrogens with two attached hydrogens (primary N) is 1. The second kappa shape index (κ2) is 4.76. The van der Waals surface area contributed by atoms with Gasteiger partial charge in [-0.2, -0.15) is 0 Å². The van der Waals surface area contributed by atoms with E-state index < -0.39 is 0 Å². The zero-order valence-corrected chi connectivity index (χ0v) is 13.2. The van der Waals surface area contributed by atoms with E-state index in [1.165, 1.54) is 0 Å². The van der Waals surface area contributed by atoms with Gasteiger partial charge in [0.1, 0.15) is 0 Å². The van der Waals surface area contributed by atoms with Crippen LogP contribution in [0.1, 0.15) is 60.3 Å². The number of nitrogens with zero attached hydrogens (tertiary/aromatic N) is 1. The van der Waals surface area contributed by atoms with Gasteiger partial charge in [0.15, 0.2) is 0 Å². The van der Waals surface area contributed by atoms with Crippen molar-refractivity contribution in [3.8, 4) is 0 Å². The third-order valence-corrected chi connectivity index (χ3v) is 5.97.